The molecule has 0 saturated carbocycles. The number of rotatable bonds is 6. The van der Waals surface area contributed by atoms with Gasteiger partial charge in [0.1, 0.15) is 5.01 Å². The first-order valence-electron chi connectivity index (χ1n) is 8.56. The van der Waals surface area contributed by atoms with E-state index in [1.54, 1.807) is 24.2 Å². The van der Waals surface area contributed by atoms with Crippen molar-refractivity contribution in [2.75, 3.05) is 10.6 Å². The number of anilines is 2. The van der Waals surface area contributed by atoms with Gasteiger partial charge in [-0.05, 0) is 36.8 Å². The number of pyridine rings is 1. The Morgan fingerprint density at radius 3 is 2.63 bits per heavy atom. The number of urea groups is 1. The van der Waals surface area contributed by atoms with E-state index >= 15 is 0 Å². The Balaban J connectivity index is 1.62. The van der Waals surface area contributed by atoms with E-state index < -0.39 is 0 Å². The summed E-state index contributed by atoms with van der Waals surface area (Å²) in [5.74, 6) is 0. The third-order valence-corrected chi connectivity index (χ3v) is 6.29. The Hall–Kier alpha value is -2.45. The van der Waals surface area contributed by atoms with Crippen LogP contribution in [0.1, 0.15) is 32.2 Å². The number of carbonyl (C=O) groups is 1. The third-order valence-electron chi connectivity index (χ3n) is 4.09. The zero-order valence-electron chi connectivity index (χ0n) is 15.4. The highest BCUT2D eigenvalue weighted by Gasteiger charge is 2.23. The molecule has 0 bridgehead atoms. The molecule has 3 rings (SSSR count). The zero-order valence-corrected chi connectivity index (χ0v) is 17.0. The summed E-state index contributed by atoms with van der Waals surface area (Å²) < 4.78 is 0. The molecule has 0 fully saturated rings. The fraction of sp³-hybridized carbons (Fsp3) is 0.263. The molecule has 2 aromatic heterocycles. The van der Waals surface area contributed by atoms with Gasteiger partial charge in [-0.2, -0.15) is 0 Å². The minimum absolute atomic E-state index is 0.0490. The van der Waals surface area contributed by atoms with Gasteiger partial charge in [0.2, 0.25) is 5.13 Å². The lowest BCUT2D eigenvalue weighted by Crippen LogP contribution is -2.19. The molecule has 0 radical (unpaired) electrons. The fourth-order valence-corrected chi connectivity index (χ4v) is 3.91. The second-order valence-corrected chi connectivity index (χ2v) is 8.67. The molecule has 0 aliphatic heterocycles. The van der Waals surface area contributed by atoms with Crippen LogP contribution in [0.15, 0.2) is 58.6 Å². The van der Waals surface area contributed by atoms with Crippen LogP contribution in [0.25, 0.3) is 0 Å². The predicted octanol–water partition coefficient (Wildman–Crippen LogP) is 5.42. The minimum atomic E-state index is -0.335. The molecular formula is C19H21N5OS2. The lowest BCUT2D eigenvalue weighted by atomic mass is 9.91. The summed E-state index contributed by atoms with van der Waals surface area (Å²) in [5, 5.41) is 15.3. The highest BCUT2D eigenvalue weighted by atomic mass is 32.2. The molecule has 0 spiro atoms. The van der Waals surface area contributed by atoms with Crippen LogP contribution >= 0.6 is 23.1 Å². The Labute approximate surface area is 166 Å². The molecule has 2 amide bonds. The first-order chi connectivity index (χ1) is 13.0. The molecular weight excluding hydrogens is 378 g/mol. The van der Waals surface area contributed by atoms with Gasteiger partial charge in [0, 0.05) is 33.3 Å². The van der Waals surface area contributed by atoms with E-state index in [1.807, 2.05) is 36.4 Å². The maximum Gasteiger partial charge on any atom is 0.325 e. The molecule has 0 aliphatic rings. The van der Waals surface area contributed by atoms with E-state index in [9.17, 15) is 4.79 Å². The van der Waals surface area contributed by atoms with Gasteiger partial charge in [-0.3, -0.25) is 10.3 Å². The van der Waals surface area contributed by atoms with E-state index in [2.05, 4.69) is 46.6 Å². The van der Waals surface area contributed by atoms with Crippen LogP contribution in [-0.4, -0.2) is 21.2 Å². The molecule has 0 atom stereocenters. The topological polar surface area (TPSA) is 79.8 Å². The first-order valence-corrected chi connectivity index (χ1v) is 10.2. The van der Waals surface area contributed by atoms with Crippen molar-refractivity contribution in [1.29, 1.82) is 0 Å². The summed E-state index contributed by atoms with van der Waals surface area (Å²) in [6, 6.07) is 11.2. The number of amides is 2. The van der Waals surface area contributed by atoms with Gasteiger partial charge in [-0.25, -0.2) is 4.79 Å². The van der Waals surface area contributed by atoms with Gasteiger partial charge < -0.3 is 5.32 Å². The molecule has 1 aromatic carbocycles. The minimum Gasteiger partial charge on any atom is -0.308 e. The van der Waals surface area contributed by atoms with Crippen LogP contribution in [0.2, 0.25) is 0 Å². The lowest BCUT2D eigenvalue weighted by molar-refractivity contribution is 0.262. The average Bonchev–Trinajstić information content (AvgIpc) is 3.12. The fourth-order valence-electron chi connectivity index (χ4n) is 2.14. The Bertz CT molecular complexity index is 911. The van der Waals surface area contributed by atoms with Gasteiger partial charge in [0.25, 0.3) is 0 Å². The number of carbonyl (C=O) groups excluding carboxylic acids is 1. The van der Waals surface area contributed by atoms with E-state index in [1.165, 1.54) is 11.3 Å². The highest BCUT2D eigenvalue weighted by Crippen LogP contribution is 2.31. The van der Waals surface area contributed by atoms with Crippen molar-refractivity contribution in [1.82, 2.24) is 15.2 Å². The van der Waals surface area contributed by atoms with Crippen LogP contribution in [0.5, 0.6) is 0 Å². The summed E-state index contributed by atoms with van der Waals surface area (Å²) in [4.78, 5) is 18.4. The van der Waals surface area contributed by atoms with Crippen LogP contribution in [0.3, 0.4) is 0 Å². The molecule has 0 saturated heterocycles. The Kier molecular flexibility index (Phi) is 6.08. The predicted molar refractivity (Wildman–Crippen MR) is 111 cm³/mol. The monoisotopic (exact) mass is 399 g/mol. The number of benzene rings is 1. The van der Waals surface area contributed by atoms with Crippen molar-refractivity contribution >= 4 is 39.9 Å². The molecule has 140 valence electrons. The van der Waals surface area contributed by atoms with Gasteiger partial charge in [0.15, 0.2) is 0 Å². The average molecular weight is 400 g/mol. The largest absolute Gasteiger partial charge is 0.325 e. The lowest BCUT2D eigenvalue weighted by Gasteiger charge is -2.17. The van der Waals surface area contributed by atoms with Gasteiger partial charge in [-0.15, -0.1) is 10.2 Å². The van der Waals surface area contributed by atoms with Crippen molar-refractivity contribution in [3.05, 3.63) is 53.8 Å². The number of nitrogens with zero attached hydrogens (tertiary/aromatic N) is 3. The molecule has 2 heterocycles. The van der Waals surface area contributed by atoms with E-state index in [0.29, 0.717) is 10.8 Å². The van der Waals surface area contributed by atoms with Crippen LogP contribution in [0, 0.1) is 0 Å². The van der Waals surface area contributed by atoms with Crippen LogP contribution in [0.4, 0.5) is 15.6 Å². The molecule has 8 heteroatoms. The first kappa shape index (κ1) is 19.3. The molecule has 6 nitrogen and oxygen atoms in total. The summed E-state index contributed by atoms with van der Waals surface area (Å²) >= 11 is 3.01. The van der Waals surface area contributed by atoms with E-state index in [-0.39, 0.29) is 11.4 Å². The smallest absolute Gasteiger partial charge is 0.308 e. The SMILES string of the molecule is CCC(C)(C)c1nnc(NC(=O)Nc2cccc(Sc3ccncc3)c2)s1. The van der Waals surface area contributed by atoms with Crippen molar-refractivity contribution in [3.63, 3.8) is 0 Å². The van der Waals surface area contributed by atoms with Crippen molar-refractivity contribution < 1.29 is 4.79 Å². The van der Waals surface area contributed by atoms with Crippen molar-refractivity contribution in [2.24, 2.45) is 0 Å². The quantitative estimate of drug-likeness (QED) is 0.579. The number of nitrogens with one attached hydrogen (secondary N) is 2. The second-order valence-electron chi connectivity index (χ2n) is 6.54. The molecule has 27 heavy (non-hydrogen) atoms. The molecule has 3 aromatic rings. The van der Waals surface area contributed by atoms with Gasteiger partial charge >= 0.3 is 6.03 Å². The van der Waals surface area contributed by atoms with Crippen LogP contribution in [-0.2, 0) is 5.41 Å². The van der Waals surface area contributed by atoms with Gasteiger partial charge in [0.05, 0.1) is 0 Å². The maximum absolute atomic E-state index is 12.3. The summed E-state index contributed by atoms with van der Waals surface area (Å²) in [5.41, 5.74) is 0.664. The summed E-state index contributed by atoms with van der Waals surface area (Å²) in [7, 11) is 0. The maximum atomic E-state index is 12.3. The molecule has 0 aliphatic carbocycles. The summed E-state index contributed by atoms with van der Waals surface area (Å²) in [6.07, 6.45) is 4.47. The van der Waals surface area contributed by atoms with Crippen molar-refractivity contribution in [3.8, 4) is 0 Å². The number of hydrogen-bond acceptors (Lipinski definition) is 6. The Morgan fingerprint density at radius 2 is 1.89 bits per heavy atom. The molecule has 2 N–H and O–H groups in total. The normalized spacial score (nSPS) is 11.2. The van der Waals surface area contributed by atoms with Crippen molar-refractivity contribution in [2.45, 2.75) is 42.4 Å². The van der Waals surface area contributed by atoms with Gasteiger partial charge in [-0.1, -0.05) is 49.9 Å². The number of hydrogen-bond donors (Lipinski definition) is 2. The summed E-state index contributed by atoms with van der Waals surface area (Å²) in [6.45, 7) is 6.34. The Morgan fingerprint density at radius 1 is 1.11 bits per heavy atom. The van der Waals surface area contributed by atoms with E-state index in [4.69, 9.17) is 0 Å². The molecule has 0 unspecified atom stereocenters. The van der Waals surface area contributed by atoms with Crippen LogP contribution < -0.4 is 10.6 Å². The zero-order chi connectivity index (χ0) is 19.3. The third kappa shape index (κ3) is 5.27. The second kappa shape index (κ2) is 8.49. The van der Waals surface area contributed by atoms with E-state index in [0.717, 1.165) is 21.2 Å². The standard InChI is InChI=1S/C19H21N5OS2/c1-4-19(2,3)16-23-24-18(27-16)22-17(25)21-13-6-5-7-15(12-13)26-14-8-10-20-11-9-14/h5-12H,4H2,1-3H3,(H2,21,22,24,25). The highest BCUT2D eigenvalue weighted by molar-refractivity contribution is 7.99. The number of aromatic nitrogens is 3.